The Morgan fingerprint density at radius 2 is 0.847 bits per heavy atom. The fraction of sp³-hybridized carbons (Fsp3) is 0.105. The molecule has 9 aromatic carbocycles. The van der Waals surface area contributed by atoms with Crippen LogP contribution in [0.3, 0.4) is 0 Å². The fourth-order valence-corrected chi connectivity index (χ4v) is 11.0. The minimum atomic E-state index is -0.214. The zero-order chi connectivity index (χ0) is 39.6. The average Bonchev–Trinajstić information content (AvgIpc) is 3.86. The first kappa shape index (κ1) is 34.0. The standard InChI is InChI=1S/C57H42N2/c1-56(2)45-23-13-11-21-39(45)41-32-34-44-50(36-27-29-37(30-28-36)55-58-47-25-15-16-26-48(47)59(55)38-19-9-6-10-20-38)52-43(49(51(44)53(41)56)35-17-7-5-8-18-35)33-31-42-40-22-12-14-24-46(40)57(3,4)54(42)52/h5-34H,1-4H3. The van der Waals surface area contributed by atoms with Crippen LogP contribution in [0.15, 0.2) is 182 Å². The predicted octanol–water partition coefficient (Wildman–Crippen LogP) is 14.9. The van der Waals surface area contributed by atoms with Gasteiger partial charge in [0.1, 0.15) is 5.82 Å². The molecule has 2 nitrogen and oxygen atoms in total. The van der Waals surface area contributed by atoms with Crippen molar-refractivity contribution >= 4 is 32.6 Å². The molecule has 0 bridgehead atoms. The third-order valence-electron chi connectivity index (χ3n) is 13.5. The summed E-state index contributed by atoms with van der Waals surface area (Å²) in [5.41, 5.74) is 19.9. The third kappa shape index (κ3) is 4.66. The quantitative estimate of drug-likeness (QED) is 0.164. The van der Waals surface area contributed by atoms with Crippen molar-refractivity contribution in [2.45, 2.75) is 38.5 Å². The summed E-state index contributed by atoms with van der Waals surface area (Å²) in [6.07, 6.45) is 0. The van der Waals surface area contributed by atoms with Gasteiger partial charge < -0.3 is 0 Å². The first-order chi connectivity index (χ1) is 28.8. The molecule has 0 N–H and O–H groups in total. The molecule has 0 saturated heterocycles. The molecule has 0 spiro atoms. The largest absolute Gasteiger partial charge is 0.292 e. The van der Waals surface area contributed by atoms with Crippen molar-refractivity contribution in [3.8, 4) is 61.6 Å². The zero-order valence-corrected chi connectivity index (χ0v) is 33.7. The van der Waals surface area contributed by atoms with Gasteiger partial charge in [-0.05, 0) is 113 Å². The van der Waals surface area contributed by atoms with E-state index in [1.165, 1.54) is 88.3 Å². The second-order valence-electron chi connectivity index (χ2n) is 17.5. The molecular formula is C57H42N2. The Balaban J connectivity index is 1.21. The molecule has 1 heterocycles. The van der Waals surface area contributed by atoms with Gasteiger partial charge in [-0.3, -0.25) is 4.57 Å². The SMILES string of the molecule is CC1(C)c2ccccc2-c2ccc3c(-c4ccc(-c5nc6ccccc6n5-c5ccccc5)cc4)c4c5c(ccc4c(-c4ccccc4)c3c21)-c1ccccc1C5(C)C. The molecule has 10 aromatic rings. The number of hydrogen-bond acceptors (Lipinski definition) is 1. The first-order valence-corrected chi connectivity index (χ1v) is 20.8. The van der Waals surface area contributed by atoms with Crippen molar-refractivity contribution in [2.75, 3.05) is 0 Å². The molecule has 0 saturated carbocycles. The second-order valence-corrected chi connectivity index (χ2v) is 17.5. The Labute approximate surface area is 345 Å². The van der Waals surface area contributed by atoms with Gasteiger partial charge in [0.2, 0.25) is 0 Å². The van der Waals surface area contributed by atoms with Crippen molar-refractivity contribution in [3.63, 3.8) is 0 Å². The summed E-state index contributed by atoms with van der Waals surface area (Å²) in [6.45, 7) is 9.69. The molecule has 59 heavy (non-hydrogen) atoms. The molecule has 0 amide bonds. The van der Waals surface area contributed by atoms with E-state index in [2.05, 4.69) is 214 Å². The Morgan fingerprint density at radius 3 is 1.42 bits per heavy atom. The molecule has 280 valence electrons. The van der Waals surface area contributed by atoms with Gasteiger partial charge in [-0.15, -0.1) is 0 Å². The van der Waals surface area contributed by atoms with Crippen LogP contribution in [0, 0.1) is 0 Å². The van der Waals surface area contributed by atoms with Gasteiger partial charge in [0, 0.05) is 22.1 Å². The van der Waals surface area contributed by atoms with Crippen molar-refractivity contribution in [3.05, 3.63) is 204 Å². The normalized spacial score (nSPS) is 14.4. The van der Waals surface area contributed by atoms with Gasteiger partial charge in [0.05, 0.1) is 11.0 Å². The third-order valence-corrected chi connectivity index (χ3v) is 13.5. The molecule has 2 heteroatoms. The Bertz CT molecular complexity index is 3350. The number of rotatable bonds is 4. The van der Waals surface area contributed by atoms with Gasteiger partial charge in [0.15, 0.2) is 0 Å². The second kappa shape index (κ2) is 12.2. The molecule has 0 fully saturated rings. The van der Waals surface area contributed by atoms with Crippen LogP contribution in [0.25, 0.3) is 94.2 Å². The molecule has 0 aliphatic heterocycles. The number of aromatic nitrogens is 2. The summed E-state index contributed by atoms with van der Waals surface area (Å²) in [6, 6.07) is 67.2. The van der Waals surface area contributed by atoms with Crippen LogP contribution in [-0.2, 0) is 10.8 Å². The topological polar surface area (TPSA) is 17.8 Å². The van der Waals surface area contributed by atoms with E-state index in [4.69, 9.17) is 4.98 Å². The minimum Gasteiger partial charge on any atom is -0.292 e. The van der Waals surface area contributed by atoms with E-state index in [9.17, 15) is 0 Å². The highest BCUT2D eigenvalue weighted by molar-refractivity contribution is 6.26. The number of nitrogens with zero attached hydrogens (tertiary/aromatic N) is 2. The highest BCUT2D eigenvalue weighted by Gasteiger charge is 2.41. The van der Waals surface area contributed by atoms with Crippen LogP contribution in [-0.4, -0.2) is 9.55 Å². The molecular weight excluding hydrogens is 713 g/mol. The Hall–Kier alpha value is -7.03. The lowest BCUT2D eigenvalue weighted by Gasteiger charge is -2.29. The molecule has 0 unspecified atom stereocenters. The van der Waals surface area contributed by atoms with Gasteiger partial charge in [0.25, 0.3) is 0 Å². The minimum absolute atomic E-state index is 0.202. The Morgan fingerprint density at radius 1 is 0.390 bits per heavy atom. The number of para-hydroxylation sites is 3. The molecule has 2 aliphatic carbocycles. The fourth-order valence-electron chi connectivity index (χ4n) is 11.0. The van der Waals surface area contributed by atoms with E-state index in [0.29, 0.717) is 0 Å². The van der Waals surface area contributed by atoms with E-state index < -0.39 is 0 Å². The maximum absolute atomic E-state index is 5.23. The maximum Gasteiger partial charge on any atom is 0.145 e. The van der Waals surface area contributed by atoms with E-state index >= 15 is 0 Å². The Kier molecular flexibility index (Phi) is 7.06. The van der Waals surface area contributed by atoms with E-state index in [1.54, 1.807) is 0 Å². The zero-order valence-electron chi connectivity index (χ0n) is 33.7. The van der Waals surface area contributed by atoms with Crippen LogP contribution < -0.4 is 0 Å². The predicted molar refractivity (Wildman–Crippen MR) is 248 cm³/mol. The number of benzene rings is 9. The van der Waals surface area contributed by atoms with Gasteiger partial charge in [-0.2, -0.15) is 0 Å². The highest BCUT2D eigenvalue weighted by Crippen LogP contribution is 2.59. The first-order valence-electron chi connectivity index (χ1n) is 20.8. The highest BCUT2D eigenvalue weighted by atomic mass is 15.1. The van der Waals surface area contributed by atoms with Crippen LogP contribution >= 0.6 is 0 Å². The molecule has 0 radical (unpaired) electrons. The van der Waals surface area contributed by atoms with E-state index in [1.807, 2.05) is 0 Å². The van der Waals surface area contributed by atoms with Crippen molar-refractivity contribution in [1.29, 1.82) is 0 Å². The van der Waals surface area contributed by atoms with E-state index in [0.717, 1.165) is 28.1 Å². The van der Waals surface area contributed by atoms with Crippen molar-refractivity contribution in [1.82, 2.24) is 9.55 Å². The maximum atomic E-state index is 5.23. The number of fused-ring (bicyclic) bond motifs is 11. The van der Waals surface area contributed by atoms with E-state index in [-0.39, 0.29) is 10.8 Å². The average molecular weight is 755 g/mol. The lowest BCUT2D eigenvalue weighted by Crippen LogP contribution is -2.17. The summed E-state index contributed by atoms with van der Waals surface area (Å²) in [7, 11) is 0. The molecule has 12 rings (SSSR count). The van der Waals surface area contributed by atoms with Gasteiger partial charge >= 0.3 is 0 Å². The monoisotopic (exact) mass is 754 g/mol. The van der Waals surface area contributed by atoms with Crippen LogP contribution in [0.4, 0.5) is 0 Å². The summed E-state index contributed by atoms with van der Waals surface area (Å²) in [4.78, 5) is 5.23. The van der Waals surface area contributed by atoms with Crippen LogP contribution in [0.5, 0.6) is 0 Å². The molecule has 1 aromatic heterocycles. The van der Waals surface area contributed by atoms with Crippen molar-refractivity contribution in [2.24, 2.45) is 0 Å². The summed E-state index contributed by atoms with van der Waals surface area (Å²) in [5.74, 6) is 0.938. The summed E-state index contributed by atoms with van der Waals surface area (Å²) in [5, 5.41) is 5.28. The van der Waals surface area contributed by atoms with Crippen LogP contribution in [0.1, 0.15) is 49.9 Å². The summed E-state index contributed by atoms with van der Waals surface area (Å²) < 4.78 is 2.29. The van der Waals surface area contributed by atoms with Crippen molar-refractivity contribution < 1.29 is 0 Å². The smallest absolute Gasteiger partial charge is 0.145 e. The lowest BCUT2D eigenvalue weighted by atomic mass is 9.73. The van der Waals surface area contributed by atoms with Gasteiger partial charge in [-0.1, -0.05) is 185 Å². The summed E-state index contributed by atoms with van der Waals surface area (Å²) >= 11 is 0. The molecule has 2 aliphatic rings. The van der Waals surface area contributed by atoms with Crippen LogP contribution in [0.2, 0.25) is 0 Å². The van der Waals surface area contributed by atoms with Gasteiger partial charge in [-0.25, -0.2) is 4.98 Å². The lowest BCUT2D eigenvalue weighted by molar-refractivity contribution is 0.665. The number of hydrogen-bond donors (Lipinski definition) is 0. The molecule has 0 atom stereocenters. The number of imidazole rings is 1.